The Labute approximate surface area is 194 Å². The van der Waals surface area contributed by atoms with Gasteiger partial charge in [0.1, 0.15) is 11.9 Å². The molecule has 176 valence electrons. The van der Waals surface area contributed by atoms with Crippen LogP contribution in [0.25, 0.3) is 10.9 Å². The summed E-state index contributed by atoms with van der Waals surface area (Å²) in [5.41, 5.74) is 4.43. The second kappa shape index (κ2) is 9.06. The molecular formula is C26H32N2O5. The Morgan fingerprint density at radius 1 is 1.21 bits per heavy atom. The quantitative estimate of drug-likeness (QED) is 0.304. The van der Waals surface area contributed by atoms with Gasteiger partial charge in [-0.3, -0.25) is 4.90 Å². The lowest BCUT2D eigenvalue weighted by atomic mass is 9.78. The highest BCUT2D eigenvalue weighted by molar-refractivity contribution is 5.90. The van der Waals surface area contributed by atoms with E-state index in [-0.39, 0.29) is 12.0 Å². The van der Waals surface area contributed by atoms with Crippen molar-refractivity contribution in [2.75, 3.05) is 20.2 Å². The lowest BCUT2D eigenvalue weighted by Crippen LogP contribution is -2.43. The molecule has 7 heteroatoms. The van der Waals surface area contributed by atoms with Crippen molar-refractivity contribution >= 4 is 23.0 Å². The van der Waals surface area contributed by atoms with Crippen molar-refractivity contribution < 1.29 is 23.8 Å². The molecule has 0 saturated carbocycles. The molecule has 1 aromatic heterocycles. The van der Waals surface area contributed by atoms with Crippen molar-refractivity contribution in [3.05, 3.63) is 59.0 Å². The minimum Gasteiger partial charge on any atom is -0.466 e. The van der Waals surface area contributed by atoms with E-state index in [0.29, 0.717) is 12.0 Å². The highest BCUT2D eigenvalue weighted by Crippen LogP contribution is 2.45. The summed E-state index contributed by atoms with van der Waals surface area (Å²) in [5.74, 6) is -0.743. The summed E-state index contributed by atoms with van der Waals surface area (Å²) in [5, 5.41) is 1.26. The number of rotatable bonds is 3. The zero-order valence-electron chi connectivity index (χ0n) is 19.9. The zero-order valence-corrected chi connectivity index (χ0v) is 19.9. The fourth-order valence-corrected chi connectivity index (χ4v) is 4.94. The number of methoxy groups -OCH3 is 1. The fourth-order valence-electron chi connectivity index (χ4n) is 4.94. The maximum Gasteiger partial charge on any atom is 0.513 e. The molecule has 0 bridgehead atoms. The Bertz CT molecular complexity index is 1120. The van der Waals surface area contributed by atoms with Crippen molar-refractivity contribution in [1.82, 2.24) is 9.88 Å². The summed E-state index contributed by atoms with van der Waals surface area (Å²) in [6.45, 7) is 8.94. The van der Waals surface area contributed by atoms with Crippen molar-refractivity contribution in [3.8, 4) is 0 Å². The van der Waals surface area contributed by atoms with E-state index in [9.17, 15) is 9.59 Å². The van der Waals surface area contributed by atoms with Crippen molar-refractivity contribution in [2.24, 2.45) is 5.92 Å². The number of hydrogen-bond acceptors (Lipinski definition) is 6. The normalized spacial score (nSPS) is 22.6. The smallest absolute Gasteiger partial charge is 0.466 e. The summed E-state index contributed by atoms with van der Waals surface area (Å²) in [4.78, 5) is 31.0. The van der Waals surface area contributed by atoms with Gasteiger partial charge in [-0.1, -0.05) is 29.8 Å². The first-order valence-electron chi connectivity index (χ1n) is 11.4. The van der Waals surface area contributed by atoms with Crippen LogP contribution in [0.5, 0.6) is 0 Å². The molecule has 1 aromatic carbocycles. The lowest BCUT2D eigenvalue weighted by molar-refractivity contribution is -0.137. The highest BCUT2D eigenvalue weighted by atomic mass is 16.7. The van der Waals surface area contributed by atoms with Gasteiger partial charge >= 0.3 is 12.1 Å². The van der Waals surface area contributed by atoms with E-state index < -0.39 is 17.7 Å². The summed E-state index contributed by atoms with van der Waals surface area (Å²) < 4.78 is 15.5. The zero-order chi connectivity index (χ0) is 23.8. The van der Waals surface area contributed by atoms with Gasteiger partial charge in [0, 0.05) is 35.6 Å². The molecule has 0 unspecified atom stereocenters. The Balaban J connectivity index is 1.66. The largest absolute Gasteiger partial charge is 0.513 e. The molecular weight excluding hydrogens is 420 g/mol. The number of hydrogen-bond donors (Lipinski definition) is 1. The van der Waals surface area contributed by atoms with Gasteiger partial charge in [-0.05, 0) is 52.2 Å². The van der Waals surface area contributed by atoms with Crippen LogP contribution in [0.1, 0.15) is 51.4 Å². The average Bonchev–Trinajstić information content (AvgIpc) is 3.16. The number of aromatic amines is 1. The molecule has 2 aliphatic heterocycles. The minimum absolute atomic E-state index is 0.129. The molecule has 0 radical (unpaired) electrons. The minimum atomic E-state index is -0.848. The molecule has 2 aliphatic rings. The van der Waals surface area contributed by atoms with Crippen LogP contribution in [-0.4, -0.2) is 47.8 Å². The summed E-state index contributed by atoms with van der Waals surface area (Å²) in [7, 11) is 1.34. The second-order valence-corrected chi connectivity index (χ2v) is 9.60. The molecule has 2 aromatic rings. The fraction of sp³-hybridized carbons (Fsp3) is 0.462. The van der Waals surface area contributed by atoms with Gasteiger partial charge in [0.15, 0.2) is 0 Å². The number of aromatic nitrogens is 1. The standard InChI is InChI=1S/C26H32N2O5/c1-6-16-14-28-12-11-18-17-9-7-8-10-21(17)27-23(18)22(28)13-19(16)20(24(29)31-5)15-32-25(30)33-26(2,3)4/h6-10,15,19,22,27H,11-14H2,1-5H3/b16-6+,20-15-/t19-,22+/m0/s1. The van der Waals surface area contributed by atoms with Crippen LogP contribution in [0.4, 0.5) is 4.79 Å². The van der Waals surface area contributed by atoms with Gasteiger partial charge in [0.2, 0.25) is 0 Å². The topological polar surface area (TPSA) is 80.9 Å². The molecule has 0 spiro atoms. The third kappa shape index (κ3) is 4.69. The van der Waals surface area contributed by atoms with E-state index >= 15 is 0 Å². The molecule has 1 saturated heterocycles. The van der Waals surface area contributed by atoms with Gasteiger partial charge in [-0.15, -0.1) is 0 Å². The van der Waals surface area contributed by atoms with Crippen LogP contribution in [0, 0.1) is 5.92 Å². The predicted octanol–water partition coefficient (Wildman–Crippen LogP) is 5.04. The van der Waals surface area contributed by atoms with E-state index in [1.54, 1.807) is 20.8 Å². The molecule has 0 amide bonds. The predicted molar refractivity (Wildman–Crippen MR) is 126 cm³/mol. The van der Waals surface area contributed by atoms with Crippen LogP contribution >= 0.6 is 0 Å². The van der Waals surface area contributed by atoms with Gasteiger partial charge < -0.3 is 19.2 Å². The number of piperidine rings is 1. The number of carbonyl (C=O) groups excluding carboxylic acids is 2. The van der Waals surface area contributed by atoms with Crippen LogP contribution in [0.3, 0.4) is 0 Å². The summed E-state index contributed by atoms with van der Waals surface area (Å²) >= 11 is 0. The first-order valence-corrected chi connectivity index (χ1v) is 11.4. The van der Waals surface area contributed by atoms with E-state index in [1.165, 1.54) is 30.0 Å². The molecule has 0 aliphatic carbocycles. The number of nitrogens with one attached hydrogen (secondary N) is 1. The van der Waals surface area contributed by atoms with Crippen LogP contribution in [-0.2, 0) is 25.4 Å². The van der Waals surface area contributed by atoms with E-state index in [2.05, 4.69) is 28.1 Å². The number of fused-ring (bicyclic) bond motifs is 5. The Hall–Kier alpha value is -3.06. The number of allylic oxidation sites excluding steroid dienone is 1. The number of ether oxygens (including phenoxy) is 3. The van der Waals surface area contributed by atoms with E-state index in [4.69, 9.17) is 14.2 Å². The number of H-pyrrole nitrogens is 1. The molecule has 33 heavy (non-hydrogen) atoms. The lowest BCUT2D eigenvalue weighted by Gasteiger charge is -2.43. The van der Waals surface area contributed by atoms with Gasteiger partial charge in [0.25, 0.3) is 0 Å². The van der Waals surface area contributed by atoms with E-state index in [0.717, 1.165) is 30.6 Å². The van der Waals surface area contributed by atoms with Crippen LogP contribution < -0.4 is 0 Å². The summed E-state index contributed by atoms with van der Waals surface area (Å²) in [6.07, 6.45) is 4.07. The number of nitrogens with zero attached hydrogens (tertiary/aromatic N) is 1. The van der Waals surface area contributed by atoms with Crippen LogP contribution in [0.2, 0.25) is 0 Å². The van der Waals surface area contributed by atoms with Crippen LogP contribution in [0.15, 0.2) is 47.7 Å². The number of esters is 1. The van der Waals surface area contributed by atoms with Gasteiger partial charge in [-0.25, -0.2) is 9.59 Å². The maximum atomic E-state index is 12.7. The van der Waals surface area contributed by atoms with Gasteiger partial charge in [-0.2, -0.15) is 0 Å². The number of benzene rings is 1. The first kappa shape index (κ1) is 23.1. The molecule has 7 nitrogen and oxygen atoms in total. The molecule has 1 fully saturated rings. The number of carbonyl (C=O) groups is 2. The monoisotopic (exact) mass is 452 g/mol. The summed E-state index contributed by atoms with van der Waals surface area (Å²) in [6, 6.07) is 8.49. The Morgan fingerprint density at radius 2 is 1.97 bits per heavy atom. The van der Waals surface area contributed by atoms with Crippen molar-refractivity contribution in [1.29, 1.82) is 0 Å². The molecule has 4 rings (SSSR count). The highest BCUT2D eigenvalue weighted by Gasteiger charge is 2.40. The maximum absolute atomic E-state index is 12.7. The third-order valence-electron chi connectivity index (χ3n) is 6.40. The Morgan fingerprint density at radius 3 is 2.67 bits per heavy atom. The second-order valence-electron chi connectivity index (χ2n) is 9.60. The van der Waals surface area contributed by atoms with Crippen molar-refractivity contribution in [3.63, 3.8) is 0 Å². The van der Waals surface area contributed by atoms with Gasteiger partial charge in [0.05, 0.1) is 18.7 Å². The Kier molecular flexibility index (Phi) is 6.34. The molecule has 1 N–H and O–H groups in total. The van der Waals surface area contributed by atoms with E-state index in [1.807, 2.05) is 19.1 Å². The average molecular weight is 453 g/mol. The number of para-hydroxylation sites is 1. The molecule has 3 heterocycles. The third-order valence-corrected chi connectivity index (χ3v) is 6.40. The molecule has 2 atom stereocenters. The first-order chi connectivity index (χ1) is 15.7. The SMILES string of the molecule is C/C=C1\CN2CCc3c([nH]c4ccccc34)[C@H]2C[C@@H]1/C(=C/OC(=O)OC(C)(C)C)C(=O)OC. The van der Waals surface area contributed by atoms with Crippen molar-refractivity contribution in [2.45, 2.75) is 52.2 Å².